The molecule has 4 rings (SSSR count). The van der Waals surface area contributed by atoms with E-state index in [4.69, 9.17) is 25.8 Å². The van der Waals surface area contributed by atoms with E-state index in [-0.39, 0.29) is 18.8 Å². The number of esters is 2. The lowest BCUT2D eigenvalue weighted by atomic mass is 10.1. The van der Waals surface area contributed by atoms with Crippen LogP contribution in [0.2, 0.25) is 5.02 Å². The van der Waals surface area contributed by atoms with Gasteiger partial charge in [0.05, 0.1) is 23.5 Å². The summed E-state index contributed by atoms with van der Waals surface area (Å²) in [7, 11) is 0. The van der Waals surface area contributed by atoms with Crippen molar-refractivity contribution < 1.29 is 23.8 Å². The van der Waals surface area contributed by atoms with Crippen molar-refractivity contribution in [2.45, 2.75) is 59.0 Å². The predicted octanol–water partition coefficient (Wildman–Crippen LogP) is 4.48. The van der Waals surface area contributed by atoms with Crippen molar-refractivity contribution in [2.75, 3.05) is 0 Å². The van der Waals surface area contributed by atoms with Gasteiger partial charge in [-0.25, -0.2) is 19.3 Å². The molecule has 0 amide bonds. The molecule has 0 fully saturated rings. The molecule has 3 aromatic heterocycles. The number of hydrogen-bond donors (Lipinski definition) is 0. The number of carbonyl (C=O) groups is 2. The fourth-order valence-electron chi connectivity index (χ4n) is 3.39. The van der Waals surface area contributed by atoms with Gasteiger partial charge in [-0.15, -0.1) is 5.10 Å². The van der Waals surface area contributed by atoms with E-state index in [1.165, 1.54) is 10.9 Å². The summed E-state index contributed by atoms with van der Waals surface area (Å²) in [5, 5.41) is 8.32. The average Bonchev–Trinajstić information content (AvgIpc) is 3.44. The Morgan fingerprint density at radius 1 is 1.03 bits per heavy atom. The Hall–Kier alpha value is -3.92. The van der Waals surface area contributed by atoms with Crippen LogP contribution in [-0.4, -0.2) is 47.5 Å². The van der Waals surface area contributed by atoms with Crippen LogP contribution in [0.25, 0.3) is 5.65 Å². The molecule has 1 aromatic carbocycles. The summed E-state index contributed by atoms with van der Waals surface area (Å²) in [6, 6.07) is 11.0. The number of imidazole rings is 1. The third-order valence-electron chi connectivity index (χ3n) is 5.07. The van der Waals surface area contributed by atoms with Gasteiger partial charge >= 0.3 is 11.9 Å². The molecular weight excluding hydrogens is 498 g/mol. The maximum Gasteiger partial charge on any atom is 0.360 e. The zero-order valence-electron chi connectivity index (χ0n) is 21.3. The Bertz CT molecular complexity index is 1420. The Morgan fingerprint density at radius 2 is 1.76 bits per heavy atom. The summed E-state index contributed by atoms with van der Waals surface area (Å²) in [6.07, 6.45) is 4.92. The van der Waals surface area contributed by atoms with E-state index in [1.807, 2.05) is 30.3 Å². The van der Waals surface area contributed by atoms with Crippen LogP contribution in [0, 0.1) is 0 Å². The van der Waals surface area contributed by atoms with Gasteiger partial charge in [0.25, 0.3) is 0 Å². The highest BCUT2D eigenvalue weighted by Gasteiger charge is 2.35. The molecule has 0 N–H and O–H groups in total. The number of hydrogen-bond acceptors (Lipinski definition) is 8. The van der Waals surface area contributed by atoms with E-state index in [2.05, 4.69) is 15.3 Å². The summed E-state index contributed by atoms with van der Waals surface area (Å²) >= 11 is 6.30. The lowest BCUT2D eigenvalue weighted by Crippen LogP contribution is -2.43. The van der Waals surface area contributed by atoms with E-state index in [9.17, 15) is 9.59 Å². The zero-order valence-corrected chi connectivity index (χ0v) is 22.0. The van der Waals surface area contributed by atoms with Gasteiger partial charge in [-0.1, -0.05) is 47.1 Å². The first-order valence-electron chi connectivity index (χ1n) is 11.6. The second kappa shape index (κ2) is 10.2. The lowest BCUT2D eigenvalue weighted by molar-refractivity contribution is -0.170. The van der Waals surface area contributed by atoms with Crippen molar-refractivity contribution in [3.8, 4) is 5.75 Å². The quantitative estimate of drug-likeness (QED) is 0.310. The van der Waals surface area contributed by atoms with E-state index in [0.29, 0.717) is 22.1 Å². The highest BCUT2D eigenvalue weighted by atomic mass is 35.5. The Kier molecular flexibility index (Phi) is 7.22. The van der Waals surface area contributed by atoms with Crippen LogP contribution in [0.1, 0.15) is 56.4 Å². The molecule has 4 aromatic rings. The molecule has 3 heterocycles. The molecule has 37 heavy (non-hydrogen) atoms. The smallest absolute Gasteiger partial charge is 0.360 e. The topological polar surface area (TPSA) is 110 Å². The number of nitrogens with zero attached hydrogens (tertiary/aromatic N) is 5. The molecule has 0 bridgehead atoms. The molecule has 0 aliphatic heterocycles. The number of carbonyl (C=O) groups excluding carboxylic acids is 2. The van der Waals surface area contributed by atoms with Crippen LogP contribution in [0.3, 0.4) is 0 Å². The molecule has 11 heteroatoms. The molecule has 0 unspecified atom stereocenters. The normalized spacial score (nSPS) is 11.9. The van der Waals surface area contributed by atoms with E-state index in [0.717, 1.165) is 5.56 Å². The highest BCUT2D eigenvalue weighted by Crippen LogP contribution is 2.29. The third kappa shape index (κ3) is 6.65. The fraction of sp³-hybridized carbons (Fsp3) is 0.346. The number of ether oxygens (including phenoxy) is 3. The number of rotatable bonds is 8. The number of aromatic nitrogens is 5. The Balaban J connectivity index is 1.48. The van der Waals surface area contributed by atoms with Gasteiger partial charge in [-0.2, -0.15) is 0 Å². The van der Waals surface area contributed by atoms with Gasteiger partial charge in [0.2, 0.25) is 0 Å². The van der Waals surface area contributed by atoms with Crippen molar-refractivity contribution >= 4 is 29.2 Å². The number of pyridine rings is 1. The van der Waals surface area contributed by atoms with E-state index >= 15 is 0 Å². The molecule has 0 aliphatic rings. The van der Waals surface area contributed by atoms with Crippen molar-refractivity contribution in [1.29, 1.82) is 0 Å². The summed E-state index contributed by atoms with van der Waals surface area (Å²) < 4.78 is 20.0. The first-order chi connectivity index (χ1) is 17.4. The highest BCUT2D eigenvalue weighted by molar-refractivity contribution is 6.30. The SMILES string of the molecule is CC(C)(C)OC(=O)C(C)(C)Oc1cc(Cl)cn2cc(Cn3cc(C(=O)OCc4ccccc4)nn3)nc12. The molecule has 0 atom stereocenters. The minimum absolute atomic E-state index is 0.0888. The second-order valence-corrected chi connectivity index (χ2v) is 10.4. The van der Waals surface area contributed by atoms with Gasteiger partial charge in [-0.05, 0) is 40.2 Å². The summed E-state index contributed by atoms with van der Waals surface area (Å²) in [5.41, 5.74) is 0.0816. The Morgan fingerprint density at radius 3 is 2.46 bits per heavy atom. The predicted molar refractivity (Wildman–Crippen MR) is 135 cm³/mol. The molecule has 194 valence electrons. The van der Waals surface area contributed by atoms with Gasteiger partial charge in [0.1, 0.15) is 12.2 Å². The van der Waals surface area contributed by atoms with E-state index < -0.39 is 23.1 Å². The monoisotopic (exact) mass is 525 g/mol. The zero-order chi connectivity index (χ0) is 26.8. The standard InChI is InChI=1S/C26H28ClN5O5/c1-25(2,3)37-24(34)26(4,5)36-21-11-18(27)12-31-13-19(28-22(21)31)14-32-15-20(29-30-32)23(33)35-16-17-9-7-6-8-10-17/h6-13,15H,14,16H2,1-5H3. The molecule has 0 saturated carbocycles. The molecule has 0 aliphatic carbocycles. The van der Waals surface area contributed by atoms with Crippen molar-refractivity contribution in [3.05, 3.63) is 77.0 Å². The molecule has 0 radical (unpaired) electrons. The van der Waals surface area contributed by atoms with Crippen LogP contribution in [-0.2, 0) is 27.4 Å². The average molecular weight is 526 g/mol. The first-order valence-corrected chi connectivity index (χ1v) is 12.0. The van der Waals surface area contributed by atoms with Gasteiger partial charge in [-0.3, -0.25) is 0 Å². The summed E-state index contributed by atoms with van der Waals surface area (Å²) in [5.74, 6) is -0.769. The first kappa shape index (κ1) is 26.2. The number of benzene rings is 1. The van der Waals surface area contributed by atoms with Gasteiger partial charge in [0, 0.05) is 18.5 Å². The van der Waals surface area contributed by atoms with Crippen LogP contribution in [0.4, 0.5) is 0 Å². The minimum atomic E-state index is -1.29. The largest absolute Gasteiger partial charge is 0.472 e. The van der Waals surface area contributed by atoms with Crippen LogP contribution < -0.4 is 4.74 Å². The fourth-order valence-corrected chi connectivity index (χ4v) is 3.59. The van der Waals surface area contributed by atoms with Gasteiger partial charge < -0.3 is 18.6 Å². The van der Waals surface area contributed by atoms with Crippen LogP contribution in [0.15, 0.2) is 55.0 Å². The minimum Gasteiger partial charge on any atom is -0.472 e. The van der Waals surface area contributed by atoms with Crippen LogP contribution in [0.5, 0.6) is 5.75 Å². The molecule has 0 spiro atoms. The summed E-state index contributed by atoms with van der Waals surface area (Å²) in [4.78, 5) is 29.6. The number of halogens is 1. The van der Waals surface area contributed by atoms with E-state index in [1.54, 1.807) is 57.5 Å². The van der Waals surface area contributed by atoms with Crippen molar-refractivity contribution in [1.82, 2.24) is 24.4 Å². The summed E-state index contributed by atoms with van der Waals surface area (Å²) in [6.45, 7) is 8.98. The molecule has 0 saturated heterocycles. The van der Waals surface area contributed by atoms with Gasteiger partial charge in [0.15, 0.2) is 22.7 Å². The van der Waals surface area contributed by atoms with Crippen molar-refractivity contribution in [2.24, 2.45) is 0 Å². The third-order valence-corrected chi connectivity index (χ3v) is 5.28. The lowest BCUT2D eigenvalue weighted by Gasteiger charge is -2.29. The number of fused-ring (bicyclic) bond motifs is 1. The maximum absolute atomic E-state index is 12.7. The molecule has 10 nitrogen and oxygen atoms in total. The maximum atomic E-state index is 12.7. The Labute approximate surface area is 219 Å². The van der Waals surface area contributed by atoms with Crippen LogP contribution >= 0.6 is 11.6 Å². The van der Waals surface area contributed by atoms with Crippen molar-refractivity contribution in [3.63, 3.8) is 0 Å². The molecular formula is C26H28ClN5O5. The second-order valence-electron chi connectivity index (χ2n) is 9.96.